The maximum Gasteiger partial charge on any atom is 0.197 e. The average Bonchev–Trinajstić information content (AvgIpc) is 1.34. The van der Waals surface area contributed by atoms with Crippen molar-refractivity contribution in [1.29, 1.82) is 0 Å². The summed E-state index contributed by atoms with van der Waals surface area (Å²) in [7, 11) is 0. The molecule has 0 fully saturated rings. The van der Waals surface area contributed by atoms with Gasteiger partial charge in [-0.25, -0.2) is 0 Å². The number of hydrogen-bond donors (Lipinski definition) is 0. The Balaban J connectivity index is 0.000000118. The molecule has 0 radical (unpaired) electrons. The number of Topliss-reactive ketones (excluding diaryl/α,β-unsaturated/α-hetero) is 6. The standard InChI is InChI=1S/2C43H35NO2.C40H29NO2/c1-42(2,3)30-16-18-31(19-17-30)44-37-13-9-8-12-36(37)43(4,5)39-32-20-14-26(22-29(32)15-21-38(39)44)23-35-40(45)33-24-27-10-6-7-11-28(27)25-34(33)41(35)46;1-42(2,3)30-17-20-37-36(25-30)43(4,5)39-32-18-15-26(21-29(32)16-19-38(39)44(37)31-13-7-6-8-14-31)22-35-40(45)33-23-27-11-9-10-12-28(27)24-34(33)41(35)46;1-24-12-16-29(17-13-24)41-35-11-7-6-10-34(35)40(2,3)37-30-18-14-25(20-28(30)15-19-36(37)41)21-33-38(42)31-22-26-8-4-5-9-27(26)23-32(31)39(33)43/h2*6-25H,1-5H3;4-23H,1-3H3. The molecule has 0 atom stereocenters. The second-order valence-corrected chi connectivity index (χ2v) is 40.6. The van der Waals surface area contributed by atoms with Gasteiger partial charge in [0.25, 0.3) is 0 Å². The molecule has 0 aromatic heterocycles. The fourth-order valence-corrected chi connectivity index (χ4v) is 21.8. The fraction of sp³-hybridized carbons (Fsp3) is 0.143. The lowest BCUT2D eigenvalue weighted by Crippen LogP contribution is -2.31. The van der Waals surface area contributed by atoms with E-state index in [1.807, 2.05) is 127 Å². The molecule has 9 nitrogen and oxygen atoms in total. The topological polar surface area (TPSA) is 112 Å². The molecule has 24 rings (SSSR count). The zero-order valence-electron chi connectivity index (χ0n) is 77.9. The minimum Gasteiger partial charge on any atom is -0.310 e. The van der Waals surface area contributed by atoms with Crippen LogP contribution in [0.4, 0.5) is 51.2 Å². The Hall–Kier alpha value is -15.8. The Morgan fingerprint density at radius 2 is 0.496 bits per heavy atom. The van der Waals surface area contributed by atoms with Crippen molar-refractivity contribution in [3.63, 3.8) is 0 Å². The lowest BCUT2D eigenvalue weighted by atomic mass is 9.70. The van der Waals surface area contributed by atoms with Gasteiger partial charge in [0.15, 0.2) is 34.7 Å². The number of nitrogens with zero attached hydrogens (tertiary/aromatic N) is 3. The van der Waals surface area contributed by atoms with Crippen molar-refractivity contribution in [2.45, 2.75) is 117 Å². The molecule has 0 bridgehead atoms. The molecule has 6 aliphatic rings. The summed E-state index contributed by atoms with van der Waals surface area (Å²) in [5.41, 5.74) is 27.3. The van der Waals surface area contributed by atoms with Crippen molar-refractivity contribution in [3.05, 3.63) is 463 Å². The van der Waals surface area contributed by atoms with E-state index in [9.17, 15) is 28.8 Å². The molecule has 0 saturated heterocycles. The predicted octanol–water partition coefficient (Wildman–Crippen LogP) is 31.6. The van der Waals surface area contributed by atoms with Crippen LogP contribution in [0.1, 0.15) is 212 Å². The van der Waals surface area contributed by atoms with Crippen molar-refractivity contribution in [3.8, 4) is 0 Å². The fourth-order valence-electron chi connectivity index (χ4n) is 21.8. The monoisotopic (exact) mass is 1750 g/mol. The number of anilines is 9. The number of carbonyl (C=O) groups is 6. The molecule has 3 aliphatic carbocycles. The maximum absolute atomic E-state index is 13.5. The number of para-hydroxylation sites is 3. The van der Waals surface area contributed by atoms with Gasteiger partial charge in [0, 0.05) is 66.7 Å². The average molecular weight is 1750 g/mol. The predicted molar refractivity (Wildman–Crippen MR) is 556 cm³/mol. The third kappa shape index (κ3) is 13.9. The number of benzene rings is 18. The molecule has 18 aromatic rings. The Bertz CT molecular complexity index is 8170. The van der Waals surface area contributed by atoms with E-state index in [0.29, 0.717) is 33.4 Å². The molecule has 0 saturated carbocycles. The van der Waals surface area contributed by atoms with E-state index in [4.69, 9.17) is 0 Å². The third-order valence-electron chi connectivity index (χ3n) is 28.9. The lowest BCUT2D eigenvalue weighted by molar-refractivity contribution is 0.0975. The zero-order chi connectivity index (χ0) is 93.4. The van der Waals surface area contributed by atoms with Gasteiger partial charge in [-0.3, -0.25) is 28.8 Å². The van der Waals surface area contributed by atoms with Crippen LogP contribution in [-0.2, 0) is 27.1 Å². The molecular formula is C126H99N3O6. The molecule has 654 valence electrons. The van der Waals surface area contributed by atoms with E-state index < -0.39 is 0 Å². The molecule has 9 heteroatoms. The highest BCUT2D eigenvalue weighted by Gasteiger charge is 2.44. The van der Waals surface area contributed by atoms with Gasteiger partial charge in [-0.05, 0) is 289 Å². The molecule has 0 N–H and O–H groups in total. The Morgan fingerprint density at radius 3 is 0.822 bits per heavy atom. The van der Waals surface area contributed by atoms with Crippen LogP contribution in [-0.4, -0.2) is 34.7 Å². The van der Waals surface area contributed by atoms with Gasteiger partial charge in [0.2, 0.25) is 0 Å². The van der Waals surface area contributed by atoms with Crippen LogP contribution >= 0.6 is 0 Å². The normalized spacial score (nSPS) is 15.2. The molecular weight excluding hydrogens is 1650 g/mol. The number of hydrogen-bond acceptors (Lipinski definition) is 9. The number of allylic oxidation sites excluding steroid dienone is 3. The molecule has 0 amide bonds. The highest BCUT2D eigenvalue weighted by Crippen LogP contribution is 2.59. The van der Waals surface area contributed by atoms with Crippen molar-refractivity contribution in [2.75, 3.05) is 14.7 Å². The van der Waals surface area contributed by atoms with Crippen molar-refractivity contribution in [2.24, 2.45) is 0 Å². The van der Waals surface area contributed by atoms with Crippen LogP contribution in [0.5, 0.6) is 0 Å². The Morgan fingerprint density at radius 1 is 0.230 bits per heavy atom. The lowest BCUT2D eigenvalue weighted by Gasteiger charge is -2.43. The van der Waals surface area contributed by atoms with Crippen LogP contribution in [0, 0.1) is 6.92 Å². The number of rotatable bonds is 6. The van der Waals surface area contributed by atoms with Crippen LogP contribution in [0.2, 0.25) is 0 Å². The van der Waals surface area contributed by atoms with Crippen molar-refractivity contribution < 1.29 is 28.8 Å². The third-order valence-corrected chi connectivity index (χ3v) is 28.9. The Kier molecular flexibility index (Phi) is 19.7. The first kappa shape index (κ1) is 84.7. The molecule has 0 spiro atoms. The molecule has 135 heavy (non-hydrogen) atoms. The van der Waals surface area contributed by atoms with Gasteiger partial charge >= 0.3 is 0 Å². The molecule has 0 unspecified atom stereocenters. The van der Waals surface area contributed by atoms with Gasteiger partial charge in [0.05, 0.1) is 50.8 Å². The van der Waals surface area contributed by atoms with E-state index in [0.717, 1.165) is 115 Å². The summed E-state index contributed by atoms with van der Waals surface area (Å²) in [6.07, 6.45) is 5.28. The van der Waals surface area contributed by atoms with Crippen LogP contribution in [0.3, 0.4) is 0 Å². The van der Waals surface area contributed by atoms with Gasteiger partial charge in [-0.2, -0.15) is 0 Å². The quantitative estimate of drug-likeness (QED) is 0.119. The summed E-state index contributed by atoms with van der Waals surface area (Å²) in [5.74, 6) is -1.24. The van der Waals surface area contributed by atoms with Gasteiger partial charge in [-0.15, -0.1) is 0 Å². The summed E-state index contributed by atoms with van der Waals surface area (Å²) >= 11 is 0. The van der Waals surface area contributed by atoms with Gasteiger partial charge in [0.1, 0.15) is 0 Å². The highest BCUT2D eigenvalue weighted by atomic mass is 16.2. The molecule has 18 aromatic carbocycles. The summed E-state index contributed by atoms with van der Waals surface area (Å²) in [6, 6.07) is 119. The summed E-state index contributed by atoms with van der Waals surface area (Å²) in [6.45, 7) is 29.5. The van der Waals surface area contributed by atoms with Crippen LogP contribution in [0.15, 0.2) is 363 Å². The van der Waals surface area contributed by atoms with E-state index in [-0.39, 0.29) is 78.5 Å². The first-order valence-corrected chi connectivity index (χ1v) is 46.6. The van der Waals surface area contributed by atoms with Crippen molar-refractivity contribution >= 4 is 169 Å². The number of aryl methyl sites for hydroxylation is 1. The van der Waals surface area contributed by atoms with Gasteiger partial charge < -0.3 is 14.7 Å². The maximum atomic E-state index is 13.5. The van der Waals surface area contributed by atoms with Crippen molar-refractivity contribution in [1.82, 2.24) is 0 Å². The highest BCUT2D eigenvalue weighted by molar-refractivity contribution is 6.44. The number of carbonyl (C=O) groups excluding carboxylic acids is 6. The molecule has 3 aliphatic heterocycles. The molecule has 3 heterocycles. The van der Waals surface area contributed by atoms with Crippen LogP contribution < -0.4 is 14.7 Å². The van der Waals surface area contributed by atoms with E-state index in [1.165, 1.54) is 67.1 Å². The number of fused-ring (bicyclic) bond motifs is 18. The number of ketones is 6. The zero-order valence-corrected chi connectivity index (χ0v) is 77.9. The summed E-state index contributed by atoms with van der Waals surface area (Å²) in [4.78, 5) is 87.9. The Labute approximate surface area is 786 Å². The minimum absolute atomic E-state index is 0.0195. The SMILES string of the molecule is CC(C)(C)c1ccc(N2c3ccccc3C(C)(C)c3c2ccc2cc(C=C4C(=O)c5cc6ccccc6cc5C4=O)ccc32)cc1.CC(C)(C)c1ccc2c(c1)C(C)(C)c1c(ccc3cc(C=C4C(=O)c5cc6ccccc6cc5C4=O)ccc13)N2c1ccccc1.Cc1ccc(N2c3ccccc3C(C)(C)c3c2ccc2cc(C=C4C(=O)c5cc6ccccc6cc5C4=O)ccc32)cc1. The summed E-state index contributed by atoms with van der Waals surface area (Å²) < 4.78 is 0. The second kappa shape index (κ2) is 31.4. The van der Waals surface area contributed by atoms with Crippen LogP contribution in [0.25, 0.3) is 82.9 Å². The first-order chi connectivity index (χ1) is 64.8. The smallest absolute Gasteiger partial charge is 0.197 e. The second-order valence-electron chi connectivity index (χ2n) is 40.6. The van der Waals surface area contributed by atoms with E-state index >= 15 is 0 Å². The van der Waals surface area contributed by atoms with E-state index in [2.05, 4.69) is 323 Å². The minimum atomic E-state index is -0.280. The van der Waals surface area contributed by atoms with Gasteiger partial charge in [-0.1, -0.05) is 307 Å². The first-order valence-electron chi connectivity index (χ1n) is 46.6. The largest absolute Gasteiger partial charge is 0.310 e. The summed E-state index contributed by atoms with van der Waals surface area (Å²) in [5, 5.41) is 12.5. The van der Waals surface area contributed by atoms with E-state index in [1.54, 1.807) is 18.2 Å².